The van der Waals surface area contributed by atoms with Gasteiger partial charge in [0.15, 0.2) is 5.11 Å². The lowest BCUT2D eigenvalue weighted by Gasteiger charge is -2.23. The summed E-state index contributed by atoms with van der Waals surface area (Å²) in [5, 5.41) is 7.03. The lowest BCUT2D eigenvalue weighted by atomic mass is 10.1. The summed E-state index contributed by atoms with van der Waals surface area (Å²) in [5.74, 6) is 0. The molecule has 0 aliphatic carbocycles. The van der Waals surface area contributed by atoms with E-state index in [0.717, 1.165) is 5.69 Å². The van der Waals surface area contributed by atoms with Gasteiger partial charge in [0, 0.05) is 31.0 Å². The molecule has 94 valence electrons. The van der Waals surface area contributed by atoms with Crippen LogP contribution in [0.5, 0.6) is 0 Å². The molecule has 0 saturated carbocycles. The molecule has 0 unspecified atom stereocenters. The standard InChI is InChI=1S/C13H21N3S/c1-13(2,3)15-12(17)14-10-6-8-11(9-7-10)16(4)5/h6-9H,1-5H3,(H2,14,15,17). The Morgan fingerprint density at radius 2 is 1.65 bits per heavy atom. The van der Waals surface area contributed by atoms with Crippen LogP contribution < -0.4 is 15.5 Å². The molecule has 0 radical (unpaired) electrons. The van der Waals surface area contributed by atoms with Crippen LogP contribution in [-0.2, 0) is 0 Å². The van der Waals surface area contributed by atoms with Crippen LogP contribution in [0.4, 0.5) is 11.4 Å². The molecule has 0 atom stereocenters. The Bertz CT molecular complexity index is 377. The van der Waals surface area contributed by atoms with Crippen molar-refractivity contribution in [3.05, 3.63) is 24.3 Å². The normalized spacial score (nSPS) is 10.9. The summed E-state index contributed by atoms with van der Waals surface area (Å²) in [4.78, 5) is 2.06. The molecule has 0 aliphatic heterocycles. The number of thiocarbonyl (C=S) groups is 1. The van der Waals surface area contributed by atoms with Gasteiger partial charge in [0.2, 0.25) is 0 Å². The lowest BCUT2D eigenvalue weighted by molar-refractivity contribution is 0.515. The smallest absolute Gasteiger partial charge is 0.171 e. The monoisotopic (exact) mass is 251 g/mol. The number of nitrogens with zero attached hydrogens (tertiary/aromatic N) is 1. The maximum Gasteiger partial charge on any atom is 0.171 e. The van der Waals surface area contributed by atoms with Gasteiger partial charge in [0.1, 0.15) is 0 Å². The Morgan fingerprint density at radius 3 is 2.06 bits per heavy atom. The number of hydrogen-bond donors (Lipinski definition) is 2. The molecule has 0 saturated heterocycles. The van der Waals surface area contributed by atoms with Crippen molar-refractivity contribution in [2.45, 2.75) is 26.3 Å². The Morgan fingerprint density at radius 1 is 1.12 bits per heavy atom. The average molecular weight is 251 g/mol. The average Bonchev–Trinajstić information content (AvgIpc) is 2.15. The molecule has 0 aliphatic rings. The Labute approximate surface area is 109 Å². The molecular weight excluding hydrogens is 230 g/mol. The predicted molar refractivity (Wildman–Crippen MR) is 79.9 cm³/mol. The van der Waals surface area contributed by atoms with Crippen molar-refractivity contribution >= 4 is 28.7 Å². The SMILES string of the molecule is CN(C)c1ccc(NC(=S)NC(C)(C)C)cc1. The first-order chi connectivity index (χ1) is 7.78. The van der Waals surface area contributed by atoms with E-state index in [1.165, 1.54) is 5.69 Å². The van der Waals surface area contributed by atoms with Crippen molar-refractivity contribution in [3.63, 3.8) is 0 Å². The van der Waals surface area contributed by atoms with Gasteiger partial charge in [0.05, 0.1) is 0 Å². The highest BCUT2D eigenvalue weighted by Crippen LogP contribution is 2.15. The highest BCUT2D eigenvalue weighted by Gasteiger charge is 2.10. The van der Waals surface area contributed by atoms with E-state index in [1.807, 2.05) is 26.2 Å². The van der Waals surface area contributed by atoms with Gasteiger partial charge in [0.25, 0.3) is 0 Å². The van der Waals surface area contributed by atoms with Gasteiger partial charge >= 0.3 is 0 Å². The number of anilines is 2. The van der Waals surface area contributed by atoms with E-state index < -0.39 is 0 Å². The van der Waals surface area contributed by atoms with Crippen LogP contribution in [0, 0.1) is 0 Å². The molecular formula is C13H21N3S. The highest BCUT2D eigenvalue weighted by atomic mass is 32.1. The summed E-state index contributed by atoms with van der Waals surface area (Å²) in [5.41, 5.74) is 2.15. The van der Waals surface area contributed by atoms with Crippen molar-refractivity contribution in [1.82, 2.24) is 5.32 Å². The fraction of sp³-hybridized carbons (Fsp3) is 0.462. The third kappa shape index (κ3) is 5.04. The van der Waals surface area contributed by atoms with Crippen LogP contribution in [0.2, 0.25) is 0 Å². The van der Waals surface area contributed by atoms with Crippen molar-refractivity contribution < 1.29 is 0 Å². The van der Waals surface area contributed by atoms with Gasteiger partial charge in [-0.2, -0.15) is 0 Å². The van der Waals surface area contributed by atoms with Crippen molar-refractivity contribution in [3.8, 4) is 0 Å². The summed E-state index contributed by atoms with van der Waals surface area (Å²) in [7, 11) is 4.04. The fourth-order valence-corrected chi connectivity index (χ4v) is 1.77. The second kappa shape index (κ2) is 5.36. The van der Waals surface area contributed by atoms with Gasteiger partial charge in [-0.05, 0) is 57.3 Å². The third-order valence-electron chi connectivity index (χ3n) is 2.13. The van der Waals surface area contributed by atoms with Crippen LogP contribution in [0.25, 0.3) is 0 Å². The summed E-state index contributed by atoms with van der Waals surface area (Å²) in [6, 6.07) is 8.15. The molecule has 4 heteroatoms. The van der Waals surface area contributed by atoms with Gasteiger partial charge in [-0.3, -0.25) is 0 Å². The number of nitrogens with one attached hydrogen (secondary N) is 2. The Balaban J connectivity index is 2.61. The minimum atomic E-state index is -0.0202. The third-order valence-corrected chi connectivity index (χ3v) is 2.33. The number of benzene rings is 1. The zero-order chi connectivity index (χ0) is 13.1. The highest BCUT2D eigenvalue weighted by molar-refractivity contribution is 7.80. The number of rotatable bonds is 2. The quantitative estimate of drug-likeness (QED) is 0.790. The maximum absolute atomic E-state index is 5.24. The first kappa shape index (κ1) is 13.8. The fourth-order valence-electron chi connectivity index (χ4n) is 1.35. The molecule has 17 heavy (non-hydrogen) atoms. The predicted octanol–water partition coefficient (Wildman–Crippen LogP) is 2.84. The molecule has 3 nitrogen and oxygen atoms in total. The first-order valence-electron chi connectivity index (χ1n) is 5.64. The Kier molecular flexibility index (Phi) is 4.34. The van der Waals surface area contributed by atoms with Crippen molar-refractivity contribution in [2.75, 3.05) is 24.3 Å². The summed E-state index contributed by atoms with van der Waals surface area (Å²) >= 11 is 5.24. The first-order valence-corrected chi connectivity index (χ1v) is 6.05. The molecule has 0 aromatic heterocycles. The minimum absolute atomic E-state index is 0.0202. The molecule has 0 fully saturated rings. The van der Waals surface area contributed by atoms with Crippen LogP contribution in [0.1, 0.15) is 20.8 Å². The van der Waals surface area contributed by atoms with E-state index in [4.69, 9.17) is 12.2 Å². The molecule has 1 aromatic rings. The van der Waals surface area contributed by atoms with E-state index in [9.17, 15) is 0 Å². The molecule has 0 amide bonds. The lowest BCUT2D eigenvalue weighted by Crippen LogP contribution is -2.42. The van der Waals surface area contributed by atoms with E-state index in [2.05, 4.69) is 48.4 Å². The molecule has 0 spiro atoms. The largest absolute Gasteiger partial charge is 0.378 e. The molecule has 1 rings (SSSR count). The zero-order valence-corrected chi connectivity index (χ0v) is 12.0. The van der Waals surface area contributed by atoms with E-state index >= 15 is 0 Å². The number of hydrogen-bond acceptors (Lipinski definition) is 2. The van der Waals surface area contributed by atoms with E-state index in [1.54, 1.807) is 0 Å². The van der Waals surface area contributed by atoms with Crippen LogP contribution in [-0.4, -0.2) is 24.7 Å². The van der Waals surface area contributed by atoms with Crippen molar-refractivity contribution in [2.24, 2.45) is 0 Å². The second-order valence-corrected chi connectivity index (χ2v) is 5.68. The van der Waals surface area contributed by atoms with Gasteiger partial charge < -0.3 is 15.5 Å². The summed E-state index contributed by atoms with van der Waals surface area (Å²) < 4.78 is 0. The maximum atomic E-state index is 5.24. The molecule has 1 aromatic carbocycles. The second-order valence-electron chi connectivity index (χ2n) is 5.27. The topological polar surface area (TPSA) is 27.3 Å². The summed E-state index contributed by atoms with van der Waals surface area (Å²) in [6.07, 6.45) is 0. The molecule has 0 heterocycles. The van der Waals surface area contributed by atoms with Gasteiger partial charge in [-0.15, -0.1) is 0 Å². The van der Waals surface area contributed by atoms with Crippen LogP contribution in [0.15, 0.2) is 24.3 Å². The van der Waals surface area contributed by atoms with Gasteiger partial charge in [-0.1, -0.05) is 0 Å². The Hall–Kier alpha value is -1.29. The van der Waals surface area contributed by atoms with Crippen LogP contribution in [0.3, 0.4) is 0 Å². The van der Waals surface area contributed by atoms with Crippen LogP contribution >= 0.6 is 12.2 Å². The van der Waals surface area contributed by atoms with Gasteiger partial charge in [-0.25, -0.2) is 0 Å². The minimum Gasteiger partial charge on any atom is -0.378 e. The van der Waals surface area contributed by atoms with E-state index in [-0.39, 0.29) is 5.54 Å². The molecule has 0 bridgehead atoms. The molecule has 2 N–H and O–H groups in total. The van der Waals surface area contributed by atoms with Crippen molar-refractivity contribution in [1.29, 1.82) is 0 Å². The summed E-state index contributed by atoms with van der Waals surface area (Å²) in [6.45, 7) is 6.24. The zero-order valence-electron chi connectivity index (χ0n) is 11.2. The van der Waals surface area contributed by atoms with E-state index in [0.29, 0.717) is 5.11 Å².